The molecule has 1 N–H and O–H groups in total. The van der Waals surface area contributed by atoms with Crippen molar-refractivity contribution in [2.75, 3.05) is 0 Å². The summed E-state index contributed by atoms with van der Waals surface area (Å²) in [7, 11) is 0. The van der Waals surface area contributed by atoms with Crippen LogP contribution < -0.4 is 5.32 Å². The Morgan fingerprint density at radius 1 is 1.35 bits per heavy atom. The minimum absolute atomic E-state index is 0.143. The van der Waals surface area contributed by atoms with E-state index in [1.165, 1.54) is 0 Å². The first-order valence-corrected chi connectivity index (χ1v) is 8.45. The summed E-state index contributed by atoms with van der Waals surface area (Å²) in [6.45, 7) is 5.93. The van der Waals surface area contributed by atoms with Gasteiger partial charge in [0, 0.05) is 50.3 Å². The summed E-state index contributed by atoms with van der Waals surface area (Å²) in [5.41, 5.74) is 0. The van der Waals surface area contributed by atoms with Crippen LogP contribution in [0, 0.1) is 0 Å². The van der Waals surface area contributed by atoms with Gasteiger partial charge in [-0.05, 0) is 25.0 Å². The van der Waals surface area contributed by atoms with Crippen molar-refractivity contribution in [3.05, 3.63) is 36.2 Å². The second kappa shape index (κ2) is 6.98. The Hall–Kier alpha value is -2.11. The van der Waals surface area contributed by atoms with Crippen molar-refractivity contribution in [3.8, 4) is 0 Å². The second-order valence-corrected chi connectivity index (χ2v) is 6.57. The molecule has 0 spiro atoms. The second-order valence-electron chi connectivity index (χ2n) is 6.57. The predicted octanol–water partition coefficient (Wildman–Crippen LogP) is 2.11. The highest BCUT2D eigenvalue weighted by Crippen LogP contribution is 2.20. The molecule has 1 aliphatic heterocycles. The van der Waals surface area contributed by atoms with Crippen LogP contribution in [-0.2, 0) is 24.3 Å². The van der Waals surface area contributed by atoms with Crippen LogP contribution in [0.2, 0.25) is 0 Å². The maximum Gasteiger partial charge on any atom is 0.220 e. The molecule has 0 saturated carbocycles. The van der Waals surface area contributed by atoms with E-state index in [-0.39, 0.29) is 11.9 Å². The molecular formula is C17H25N5O. The van der Waals surface area contributed by atoms with E-state index in [1.807, 2.05) is 24.5 Å². The van der Waals surface area contributed by atoms with Crippen molar-refractivity contribution in [2.45, 2.75) is 64.6 Å². The molecule has 3 rings (SSSR count). The number of carbonyl (C=O) groups excluding carboxylic acids is 1. The zero-order valence-electron chi connectivity index (χ0n) is 13.9. The summed E-state index contributed by atoms with van der Waals surface area (Å²) in [5.74, 6) is 2.57. The topological polar surface area (TPSA) is 64.7 Å². The molecule has 0 aromatic carbocycles. The Morgan fingerprint density at radius 2 is 2.13 bits per heavy atom. The maximum atomic E-state index is 12.1. The number of amides is 1. The largest absolute Gasteiger partial charge is 0.354 e. The lowest BCUT2D eigenvalue weighted by Crippen LogP contribution is -2.41. The number of carbonyl (C=O) groups is 1. The molecule has 0 fully saturated rings. The molecule has 1 atom stereocenters. The lowest BCUT2D eigenvalue weighted by molar-refractivity contribution is -0.122. The van der Waals surface area contributed by atoms with E-state index in [4.69, 9.17) is 0 Å². The Labute approximate surface area is 136 Å². The van der Waals surface area contributed by atoms with Crippen molar-refractivity contribution < 1.29 is 4.79 Å². The van der Waals surface area contributed by atoms with Crippen molar-refractivity contribution in [1.29, 1.82) is 0 Å². The number of aromatic nitrogens is 4. The van der Waals surface area contributed by atoms with E-state index < -0.39 is 0 Å². The van der Waals surface area contributed by atoms with Crippen molar-refractivity contribution >= 4 is 5.91 Å². The molecule has 2 aromatic rings. The van der Waals surface area contributed by atoms with Crippen LogP contribution in [0.1, 0.15) is 50.7 Å². The Kier molecular flexibility index (Phi) is 4.79. The fraction of sp³-hybridized carbons (Fsp3) is 0.588. The molecule has 6 nitrogen and oxygen atoms in total. The summed E-state index contributed by atoms with van der Waals surface area (Å²) in [6, 6.07) is 4.20. The smallest absolute Gasteiger partial charge is 0.220 e. The molecule has 3 heterocycles. The molecule has 0 unspecified atom stereocenters. The van der Waals surface area contributed by atoms with Gasteiger partial charge < -0.3 is 14.5 Å². The highest BCUT2D eigenvalue weighted by molar-refractivity contribution is 5.76. The van der Waals surface area contributed by atoms with Gasteiger partial charge >= 0.3 is 0 Å². The lowest BCUT2D eigenvalue weighted by Gasteiger charge is -2.26. The summed E-state index contributed by atoms with van der Waals surface area (Å²) in [6.07, 6.45) is 7.32. The molecule has 0 aliphatic carbocycles. The Balaban J connectivity index is 1.48. The third-order valence-electron chi connectivity index (χ3n) is 4.34. The average molecular weight is 315 g/mol. The van der Waals surface area contributed by atoms with Crippen LogP contribution in [0.15, 0.2) is 24.5 Å². The van der Waals surface area contributed by atoms with E-state index in [1.54, 1.807) is 0 Å². The van der Waals surface area contributed by atoms with Gasteiger partial charge in [-0.2, -0.15) is 0 Å². The SMILES string of the molecule is CC(C)c1nnc2n1C[C@@H](NC(=O)CCCn1cccc1)CC2. The number of nitrogens with one attached hydrogen (secondary N) is 1. The molecule has 1 amide bonds. The standard InChI is InChI=1S/C17H25N5O/c1-13(2)17-20-19-15-8-7-14(12-22(15)17)18-16(23)6-5-11-21-9-3-4-10-21/h3-4,9-10,13-14H,5-8,11-12H2,1-2H3,(H,18,23)/t14-/m0/s1. The normalized spacial score (nSPS) is 17.3. The van der Waals surface area contributed by atoms with Crippen LogP contribution >= 0.6 is 0 Å². The van der Waals surface area contributed by atoms with Gasteiger partial charge in [0.1, 0.15) is 11.6 Å². The van der Waals surface area contributed by atoms with Crippen LogP contribution in [0.25, 0.3) is 0 Å². The number of aryl methyl sites for hydroxylation is 2. The molecule has 2 aromatic heterocycles. The first kappa shape index (κ1) is 15.8. The fourth-order valence-electron chi connectivity index (χ4n) is 3.13. The molecule has 0 saturated heterocycles. The summed E-state index contributed by atoms with van der Waals surface area (Å²) in [5, 5.41) is 11.7. The zero-order valence-corrected chi connectivity index (χ0v) is 13.9. The first-order chi connectivity index (χ1) is 11.1. The summed E-state index contributed by atoms with van der Waals surface area (Å²) in [4.78, 5) is 12.1. The molecule has 23 heavy (non-hydrogen) atoms. The van der Waals surface area contributed by atoms with Crippen LogP contribution in [0.4, 0.5) is 0 Å². The fourth-order valence-corrected chi connectivity index (χ4v) is 3.13. The summed E-state index contributed by atoms with van der Waals surface area (Å²) < 4.78 is 4.28. The van der Waals surface area contributed by atoms with Gasteiger partial charge in [-0.25, -0.2) is 0 Å². The Morgan fingerprint density at radius 3 is 2.87 bits per heavy atom. The van der Waals surface area contributed by atoms with Gasteiger partial charge in [-0.3, -0.25) is 4.79 Å². The molecule has 1 aliphatic rings. The number of hydrogen-bond acceptors (Lipinski definition) is 3. The summed E-state index contributed by atoms with van der Waals surface area (Å²) >= 11 is 0. The highest BCUT2D eigenvalue weighted by Gasteiger charge is 2.24. The third kappa shape index (κ3) is 3.81. The average Bonchev–Trinajstić information content (AvgIpc) is 3.15. The number of hydrogen-bond donors (Lipinski definition) is 1. The van der Waals surface area contributed by atoms with Crippen LogP contribution in [-0.4, -0.2) is 31.3 Å². The van der Waals surface area contributed by atoms with Crippen LogP contribution in [0.3, 0.4) is 0 Å². The molecule has 0 bridgehead atoms. The quantitative estimate of drug-likeness (QED) is 0.888. The molecular weight excluding hydrogens is 290 g/mol. The van der Waals surface area contributed by atoms with Gasteiger partial charge in [0.2, 0.25) is 5.91 Å². The maximum absolute atomic E-state index is 12.1. The molecule has 124 valence electrons. The number of nitrogens with zero attached hydrogens (tertiary/aromatic N) is 4. The van der Waals surface area contributed by atoms with Gasteiger partial charge in [-0.1, -0.05) is 13.8 Å². The van der Waals surface area contributed by atoms with E-state index in [9.17, 15) is 4.79 Å². The molecule has 0 radical (unpaired) electrons. The van der Waals surface area contributed by atoms with E-state index >= 15 is 0 Å². The highest BCUT2D eigenvalue weighted by atomic mass is 16.1. The minimum atomic E-state index is 0.143. The van der Waals surface area contributed by atoms with Gasteiger partial charge in [-0.15, -0.1) is 10.2 Å². The minimum Gasteiger partial charge on any atom is -0.354 e. The number of rotatable bonds is 6. The van der Waals surface area contributed by atoms with Gasteiger partial charge in [0.25, 0.3) is 0 Å². The third-order valence-corrected chi connectivity index (χ3v) is 4.34. The van der Waals surface area contributed by atoms with Gasteiger partial charge in [0.15, 0.2) is 0 Å². The predicted molar refractivity (Wildman–Crippen MR) is 88.0 cm³/mol. The van der Waals surface area contributed by atoms with E-state index in [2.05, 4.69) is 38.5 Å². The first-order valence-electron chi connectivity index (χ1n) is 8.45. The monoisotopic (exact) mass is 315 g/mol. The van der Waals surface area contributed by atoms with Crippen molar-refractivity contribution in [3.63, 3.8) is 0 Å². The van der Waals surface area contributed by atoms with E-state index in [0.29, 0.717) is 12.3 Å². The van der Waals surface area contributed by atoms with Gasteiger partial charge in [0.05, 0.1) is 0 Å². The lowest BCUT2D eigenvalue weighted by atomic mass is 10.1. The van der Waals surface area contributed by atoms with Crippen LogP contribution in [0.5, 0.6) is 0 Å². The van der Waals surface area contributed by atoms with E-state index in [0.717, 1.165) is 44.0 Å². The zero-order chi connectivity index (χ0) is 16.2. The molecule has 6 heteroatoms. The Bertz CT molecular complexity index is 644. The number of fused-ring (bicyclic) bond motifs is 1. The van der Waals surface area contributed by atoms with Crippen molar-refractivity contribution in [2.24, 2.45) is 0 Å². The van der Waals surface area contributed by atoms with Crippen molar-refractivity contribution in [1.82, 2.24) is 24.6 Å².